The highest BCUT2D eigenvalue weighted by Crippen LogP contribution is 2.27. The smallest absolute Gasteiger partial charge is 0.246 e. The summed E-state index contributed by atoms with van der Waals surface area (Å²) in [7, 11) is 0. The van der Waals surface area contributed by atoms with Crippen molar-refractivity contribution in [1.29, 1.82) is 0 Å². The highest BCUT2D eigenvalue weighted by molar-refractivity contribution is 5.97. The van der Waals surface area contributed by atoms with Crippen LogP contribution in [0.1, 0.15) is 31.0 Å². The first-order chi connectivity index (χ1) is 11.0. The molecule has 2 amide bonds. The Morgan fingerprint density at radius 3 is 2.87 bits per heavy atom. The highest BCUT2D eigenvalue weighted by atomic mass is 16.2. The van der Waals surface area contributed by atoms with Crippen LogP contribution in [0.5, 0.6) is 0 Å². The van der Waals surface area contributed by atoms with E-state index in [1.165, 1.54) is 0 Å². The molecule has 2 saturated heterocycles. The van der Waals surface area contributed by atoms with Gasteiger partial charge in [-0.3, -0.25) is 9.59 Å². The first-order valence-electron chi connectivity index (χ1n) is 8.10. The number of imidazole rings is 1. The molecule has 0 aromatic carbocycles. The lowest BCUT2D eigenvalue weighted by Gasteiger charge is -2.40. The Labute approximate surface area is 134 Å². The Balaban J connectivity index is 1.63. The van der Waals surface area contributed by atoms with E-state index in [4.69, 9.17) is 0 Å². The maximum absolute atomic E-state index is 12.7. The third-order valence-corrected chi connectivity index (χ3v) is 4.91. The zero-order chi connectivity index (χ0) is 16.1. The van der Waals surface area contributed by atoms with E-state index in [0.29, 0.717) is 13.1 Å². The summed E-state index contributed by atoms with van der Waals surface area (Å²) in [4.78, 5) is 33.2. The van der Waals surface area contributed by atoms with Gasteiger partial charge in [0, 0.05) is 18.9 Å². The molecule has 4 heterocycles. The first-order valence-corrected chi connectivity index (χ1v) is 8.10. The molecule has 2 aliphatic heterocycles. The third-order valence-electron chi connectivity index (χ3n) is 4.91. The SMILES string of the molecule is Cc1ccc2nc(CN3C(=O)[C@H]4CCCN4C(=O)[C@@H]3C)cn2c1. The Morgan fingerprint density at radius 2 is 2.04 bits per heavy atom. The average Bonchev–Trinajstić information content (AvgIpc) is 3.15. The van der Waals surface area contributed by atoms with Crippen LogP contribution in [0.2, 0.25) is 0 Å². The monoisotopic (exact) mass is 312 g/mol. The van der Waals surface area contributed by atoms with Crippen LogP contribution in [0.4, 0.5) is 0 Å². The molecule has 0 bridgehead atoms. The highest BCUT2D eigenvalue weighted by Gasteiger charge is 2.45. The topological polar surface area (TPSA) is 57.9 Å². The van der Waals surface area contributed by atoms with Crippen molar-refractivity contribution < 1.29 is 9.59 Å². The predicted octanol–water partition coefficient (Wildman–Crippen LogP) is 1.36. The molecule has 120 valence electrons. The summed E-state index contributed by atoms with van der Waals surface area (Å²) in [6.45, 7) is 4.94. The zero-order valence-corrected chi connectivity index (χ0v) is 13.4. The van der Waals surface area contributed by atoms with Crippen LogP contribution in [-0.4, -0.2) is 49.6 Å². The Hall–Kier alpha value is -2.37. The summed E-state index contributed by atoms with van der Waals surface area (Å²) >= 11 is 0. The average molecular weight is 312 g/mol. The molecule has 4 rings (SSSR count). The van der Waals surface area contributed by atoms with E-state index in [1.54, 1.807) is 9.80 Å². The second kappa shape index (κ2) is 5.08. The van der Waals surface area contributed by atoms with E-state index < -0.39 is 6.04 Å². The fourth-order valence-electron chi connectivity index (χ4n) is 3.66. The molecule has 0 radical (unpaired) electrons. The molecule has 6 nitrogen and oxygen atoms in total. The number of hydrogen-bond donors (Lipinski definition) is 0. The number of fused-ring (bicyclic) bond motifs is 2. The van der Waals surface area contributed by atoms with Crippen molar-refractivity contribution in [2.24, 2.45) is 0 Å². The maximum Gasteiger partial charge on any atom is 0.246 e. The first kappa shape index (κ1) is 14.2. The van der Waals surface area contributed by atoms with Gasteiger partial charge in [0.1, 0.15) is 17.7 Å². The van der Waals surface area contributed by atoms with Crippen LogP contribution in [0.25, 0.3) is 5.65 Å². The summed E-state index contributed by atoms with van der Waals surface area (Å²) < 4.78 is 1.97. The number of pyridine rings is 1. The largest absolute Gasteiger partial charge is 0.329 e. The summed E-state index contributed by atoms with van der Waals surface area (Å²) in [5.41, 5.74) is 2.83. The molecule has 2 atom stereocenters. The summed E-state index contributed by atoms with van der Waals surface area (Å²) in [5.74, 6) is 0.120. The number of rotatable bonds is 2. The van der Waals surface area contributed by atoms with Gasteiger partial charge in [-0.05, 0) is 38.3 Å². The number of aryl methyl sites for hydroxylation is 1. The van der Waals surface area contributed by atoms with Crippen LogP contribution in [0.15, 0.2) is 24.5 Å². The minimum absolute atomic E-state index is 0.0582. The number of nitrogens with zero attached hydrogens (tertiary/aromatic N) is 4. The van der Waals surface area contributed by atoms with Crippen LogP contribution in [0, 0.1) is 6.92 Å². The van der Waals surface area contributed by atoms with Gasteiger partial charge in [-0.1, -0.05) is 6.07 Å². The van der Waals surface area contributed by atoms with Gasteiger partial charge in [-0.15, -0.1) is 0 Å². The van der Waals surface area contributed by atoms with Crippen molar-refractivity contribution in [3.05, 3.63) is 35.8 Å². The fraction of sp³-hybridized carbons (Fsp3) is 0.471. The van der Waals surface area contributed by atoms with Crippen LogP contribution in [0.3, 0.4) is 0 Å². The van der Waals surface area contributed by atoms with Gasteiger partial charge in [-0.25, -0.2) is 4.98 Å². The molecule has 0 unspecified atom stereocenters. The molecule has 2 aliphatic rings. The molecule has 0 saturated carbocycles. The Kier molecular flexibility index (Phi) is 3.14. The lowest BCUT2D eigenvalue weighted by molar-refractivity contribution is -0.159. The zero-order valence-electron chi connectivity index (χ0n) is 13.4. The van der Waals surface area contributed by atoms with Crippen molar-refractivity contribution in [1.82, 2.24) is 19.2 Å². The molecule has 0 spiro atoms. The quantitative estimate of drug-likeness (QED) is 0.841. The number of amides is 2. The van der Waals surface area contributed by atoms with E-state index in [2.05, 4.69) is 4.98 Å². The van der Waals surface area contributed by atoms with E-state index in [9.17, 15) is 9.59 Å². The van der Waals surface area contributed by atoms with Crippen LogP contribution < -0.4 is 0 Å². The number of hydrogen-bond acceptors (Lipinski definition) is 3. The van der Waals surface area contributed by atoms with E-state index in [1.807, 2.05) is 42.8 Å². The van der Waals surface area contributed by atoms with Gasteiger partial charge in [0.15, 0.2) is 0 Å². The van der Waals surface area contributed by atoms with Crippen molar-refractivity contribution in [2.75, 3.05) is 6.54 Å². The molecule has 23 heavy (non-hydrogen) atoms. The minimum atomic E-state index is -0.414. The summed E-state index contributed by atoms with van der Waals surface area (Å²) in [5, 5.41) is 0. The molecular weight excluding hydrogens is 292 g/mol. The van der Waals surface area contributed by atoms with Crippen molar-refractivity contribution in [3.63, 3.8) is 0 Å². The maximum atomic E-state index is 12.7. The van der Waals surface area contributed by atoms with Gasteiger partial charge in [0.25, 0.3) is 0 Å². The Morgan fingerprint density at radius 1 is 1.22 bits per heavy atom. The number of aromatic nitrogens is 2. The number of carbonyl (C=O) groups is 2. The molecule has 2 aromatic heterocycles. The van der Waals surface area contributed by atoms with Gasteiger partial charge < -0.3 is 14.2 Å². The summed E-state index contributed by atoms with van der Waals surface area (Å²) in [6, 6.07) is 3.30. The Bertz CT molecular complexity index is 797. The molecular formula is C17H20N4O2. The second-order valence-electron chi connectivity index (χ2n) is 6.54. The van der Waals surface area contributed by atoms with E-state index >= 15 is 0 Å². The molecule has 0 aliphatic carbocycles. The number of piperazine rings is 1. The standard InChI is InChI=1S/C17H20N4O2/c1-11-5-6-15-18-13(9-19(15)8-11)10-21-12(2)16(22)20-7-3-4-14(20)17(21)23/h5-6,8-9,12,14H,3-4,7,10H2,1-2H3/t12-,14+/m0/s1. The lowest BCUT2D eigenvalue weighted by atomic mass is 10.1. The van der Waals surface area contributed by atoms with E-state index in [0.717, 1.165) is 29.7 Å². The predicted molar refractivity (Wildman–Crippen MR) is 84.7 cm³/mol. The molecule has 2 fully saturated rings. The van der Waals surface area contributed by atoms with E-state index in [-0.39, 0.29) is 17.9 Å². The van der Waals surface area contributed by atoms with Crippen LogP contribution in [-0.2, 0) is 16.1 Å². The summed E-state index contributed by atoms with van der Waals surface area (Å²) in [6.07, 6.45) is 5.64. The normalized spacial score (nSPS) is 24.6. The molecule has 0 N–H and O–H groups in total. The van der Waals surface area contributed by atoms with Crippen molar-refractivity contribution in [2.45, 2.75) is 45.3 Å². The minimum Gasteiger partial charge on any atom is -0.329 e. The van der Waals surface area contributed by atoms with Gasteiger partial charge in [0.2, 0.25) is 11.8 Å². The number of carbonyl (C=O) groups excluding carboxylic acids is 2. The van der Waals surface area contributed by atoms with Crippen molar-refractivity contribution >= 4 is 17.5 Å². The van der Waals surface area contributed by atoms with Crippen LogP contribution >= 0.6 is 0 Å². The third kappa shape index (κ3) is 2.20. The second-order valence-corrected chi connectivity index (χ2v) is 6.54. The molecule has 2 aromatic rings. The van der Waals surface area contributed by atoms with Gasteiger partial charge in [-0.2, -0.15) is 0 Å². The van der Waals surface area contributed by atoms with Crippen molar-refractivity contribution in [3.8, 4) is 0 Å². The van der Waals surface area contributed by atoms with Gasteiger partial charge >= 0.3 is 0 Å². The lowest BCUT2D eigenvalue weighted by Crippen LogP contribution is -2.61. The van der Waals surface area contributed by atoms with Gasteiger partial charge in [0.05, 0.1) is 12.2 Å². The molecule has 6 heteroatoms. The fourth-order valence-corrected chi connectivity index (χ4v) is 3.66.